The first-order valence-electron chi connectivity index (χ1n) is 10.8. The number of aromatic nitrogens is 1. The lowest BCUT2D eigenvalue weighted by molar-refractivity contribution is -0.122. The lowest BCUT2D eigenvalue weighted by Gasteiger charge is -2.31. The number of ether oxygens (including phenoxy) is 3. The highest BCUT2D eigenvalue weighted by Gasteiger charge is 2.23. The molecule has 0 atom stereocenters. The first kappa shape index (κ1) is 22.6. The highest BCUT2D eigenvalue weighted by molar-refractivity contribution is 5.88. The van der Waals surface area contributed by atoms with E-state index in [0.29, 0.717) is 40.4 Å². The predicted molar refractivity (Wildman–Crippen MR) is 123 cm³/mol. The first-order valence-corrected chi connectivity index (χ1v) is 10.8. The zero-order chi connectivity index (χ0) is 23.4. The van der Waals surface area contributed by atoms with Gasteiger partial charge >= 0.3 is 0 Å². The smallest absolute Gasteiger partial charge is 0.233 e. The number of fused-ring (bicyclic) bond motifs is 1. The Morgan fingerprint density at radius 1 is 1.15 bits per heavy atom. The summed E-state index contributed by atoms with van der Waals surface area (Å²) in [7, 11) is 3.21. The Morgan fingerprint density at radius 3 is 2.64 bits per heavy atom. The number of likely N-dealkylation sites (tertiary alicyclic amines) is 1. The average molecular weight is 455 g/mol. The van der Waals surface area contributed by atoms with Crippen LogP contribution in [0.4, 0.5) is 10.1 Å². The van der Waals surface area contributed by atoms with Crippen molar-refractivity contribution in [1.29, 1.82) is 0 Å². The van der Waals surface area contributed by atoms with Crippen LogP contribution in [0.25, 0.3) is 10.9 Å². The molecule has 174 valence electrons. The summed E-state index contributed by atoms with van der Waals surface area (Å²) in [5.74, 6) is 1.09. The van der Waals surface area contributed by atoms with Gasteiger partial charge in [0.15, 0.2) is 23.1 Å². The van der Waals surface area contributed by atoms with Gasteiger partial charge in [-0.15, -0.1) is 0 Å². The highest BCUT2D eigenvalue weighted by atomic mass is 19.1. The largest absolute Gasteiger partial charge is 0.493 e. The molecular formula is C24H27FN4O4. The van der Waals surface area contributed by atoms with Crippen molar-refractivity contribution in [3.05, 3.63) is 48.4 Å². The van der Waals surface area contributed by atoms with Crippen molar-refractivity contribution in [2.45, 2.75) is 18.9 Å². The van der Waals surface area contributed by atoms with Crippen molar-refractivity contribution in [3.63, 3.8) is 0 Å². The van der Waals surface area contributed by atoms with E-state index in [9.17, 15) is 9.18 Å². The zero-order valence-corrected chi connectivity index (χ0v) is 18.6. The van der Waals surface area contributed by atoms with E-state index in [2.05, 4.69) is 15.2 Å². The Kier molecular flexibility index (Phi) is 6.79. The van der Waals surface area contributed by atoms with Gasteiger partial charge in [-0.3, -0.25) is 14.7 Å². The molecule has 0 saturated carbocycles. The number of nitrogens with zero attached hydrogens (tertiary/aromatic N) is 2. The van der Waals surface area contributed by atoms with Crippen LogP contribution in [0.1, 0.15) is 12.8 Å². The van der Waals surface area contributed by atoms with Crippen molar-refractivity contribution < 1.29 is 23.4 Å². The average Bonchev–Trinajstić information content (AvgIpc) is 2.81. The molecular weight excluding hydrogens is 427 g/mol. The second kappa shape index (κ2) is 9.91. The van der Waals surface area contributed by atoms with Crippen LogP contribution >= 0.6 is 0 Å². The van der Waals surface area contributed by atoms with Crippen LogP contribution in [0.15, 0.2) is 42.6 Å². The van der Waals surface area contributed by atoms with Crippen molar-refractivity contribution in [2.75, 3.05) is 39.5 Å². The highest BCUT2D eigenvalue weighted by Crippen LogP contribution is 2.38. The number of pyridine rings is 1. The molecule has 9 heteroatoms. The maximum atomic E-state index is 14.2. The summed E-state index contributed by atoms with van der Waals surface area (Å²) >= 11 is 0. The fraction of sp³-hybridized carbons (Fsp3) is 0.333. The molecule has 1 aliphatic heterocycles. The van der Waals surface area contributed by atoms with E-state index in [4.69, 9.17) is 19.9 Å². The van der Waals surface area contributed by atoms with Crippen molar-refractivity contribution in [3.8, 4) is 23.0 Å². The number of halogens is 1. The van der Waals surface area contributed by atoms with Crippen LogP contribution in [0.2, 0.25) is 0 Å². The molecule has 1 saturated heterocycles. The second-order valence-electron chi connectivity index (χ2n) is 7.89. The van der Waals surface area contributed by atoms with Crippen LogP contribution in [0, 0.1) is 5.82 Å². The van der Waals surface area contributed by atoms with Gasteiger partial charge in [0, 0.05) is 49.5 Å². The molecule has 3 N–H and O–H groups in total. The minimum Gasteiger partial charge on any atom is -0.493 e. The minimum absolute atomic E-state index is 0.000550. The van der Waals surface area contributed by atoms with E-state index in [1.54, 1.807) is 44.6 Å². The number of carbonyl (C=O) groups excluding carboxylic acids is 1. The van der Waals surface area contributed by atoms with Crippen LogP contribution in [0.3, 0.4) is 0 Å². The Labute approximate surface area is 191 Å². The number of hydrogen-bond donors (Lipinski definition) is 2. The topological polar surface area (TPSA) is 98.9 Å². The summed E-state index contributed by atoms with van der Waals surface area (Å²) in [6.45, 7) is 1.94. The fourth-order valence-electron chi connectivity index (χ4n) is 3.83. The van der Waals surface area contributed by atoms with Gasteiger partial charge in [0.25, 0.3) is 0 Å². The molecule has 0 bridgehead atoms. The van der Waals surface area contributed by atoms with E-state index in [1.807, 2.05) is 0 Å². The number of benzene rings is 2. The summed E-state index contributed by atoms with van der Waals surface area (Å²) in [4.78, 5) is 18.1. The zero-order valence-electron chi connectivity index (χ0n) is 18.6. The third-order valence-electron chi connectivity index (χ3n) is 5.64. The first-order chi connectivity index (χ1) is 16.0. The molecule has 0 aliphatic carbocycles. The number of amides is 1. The molecule has 33 heavy (non-hydrogen) atoms. The maximum absolute atomic E-state index is 14.2. The minimum atomic E-state index is -0.547. The summed E-state index contributed by atoms with van der Waals surface area (Å²) in [5, 5.41) is 3.31. The quantitative estimate of drug-likeness (QED) is 0.528. The fourth-order valence-corrected chi connectivity index (χ4v) is 3.83. The van der Waals surface area contributed by atoms with Gasteiger partial charge in [0.2, 0.25) is 5.91 Å². The monoisotopic (exact) mass is 454 g/mol. The number of methoxy groups -OCH3 is 1. The molecule has 0 spiro atoms. The molecule has 0 unspecified atom stereocenters. The van der Waals surface area contributed by atoms with Gasteiger partial charge in [-0.1, -0.05) is 0 Å². The molecule has 1 fully saturated rings. The Hall–Kier alpha value is -3.59. The van der Waals surface area contributed by atoms with Crippen molar-refractivity contribution in [2.24, 2.45) is 0 Å². The molecule has 0 radical (unpaired) electrons. The third-order valence-corrected chi connectivity index (χ3v) is 5.64. The molecule has 1 amide bonds. The van der Waals surface area contributed by atoms with Gasteiger partial charge in [-0.25, -0.2) is 4.39 Å². The molecule has 8 nitrogen and oxygen atoms in total. The molecule has 1 aromatic heterocycles. The van der Waals surface area contributed by atoms with Gasteiger partial charge in [-0.05, 0) is 37.1 Å². The number of piperidine rings is 1. The predicted octanol–water partition coefficient (Wildman–Crippen LogP) is 3.35. The van der Waals surface area contributed by atoms with Crippen LogP contribution in [0.5, 0.6) is 23.0 Å². The summed E-state index contributed by atoms with van der Waals surface area (Å²) in [6.07, 6.45) is 3.19. The maximum Gasteiger partial charge on any atom is 0.233 e. The number of nitrogen functional groups attached to an aromatic ring is 1. The number of hydrogen-bond acceptors (Lipinski definition) is 7. The Balaban J connectivity index is 1.53. The van der Waals surface area contributed by atoms with Gasteiger partial charge < -0.3 is 25.3 Å². The van der Waals surface area contributed by atoms with Crippen LogP contribution in [-0.4, -0.2) is 55.7 Å². The van der Waals surface area contributed by atoms with Crippen LogP contribution < -0.4 is 25.3 Å². The SMILES string of the molecule is CNC(=O)CN1CCC(Oc2cc3nccc(Oc4ccc(N)cc4F)c3cc2OC)CC1. The number of nitrogens with two attached hydrogens (primary N) is 1. The normalized spacial score (nSPS) is 14.8. The summed E-state index contributed by atoms with van der Waals surface area (Å²) in [6, 6.07) is 9.53. The van der Waals surface area contributed by atoms with E-state index in [-0.39, 0.29) is 17.8 Å². The van der Waals surface area contributed by atoms with Gasteiger partial charge in [-0.2, -0.15) is 0 Å². The second-order valence-corrected chi connectivity index (χ2v) is 7.89. The van der Waals surface area contributed by atoms with E-state index in [1.165, 1.54) is 12.1 Å². The number of nitrogens with one attached hydrogen (secondary N) is 1. The van der Waals surface area contributed by atoms with Crippen LogP contribution in [-0.2, 0) is 4.79 Å². The number of anilines is 1. The summed E-state index contributed by atoms with van der Waals surface area (Å²) in [5.41, 5.74) is 6.58. The van der Waals surface area contributed by atoms with Gasteiger partial charge in [0.1, 0.15) is 11.9 Å². The Bertz CT molecular complexity index is 1150. The van der Waals surface area contributed by atoms with Crippen molar-refractivity contribution >= 4 is 22.5 Å². The van der Waals surface area contributed by atoms with E-state index < -0.39 is 5.82 Å². The van der Waals surface area contributed by atoms with Gasteiger partial charge in [0.05, 0.1) is 19.2 Å². The third kappa shape index (κ3) is 5.25. The molecule has 2 aromatic carbocycles. The summed E-state index contributed by atoms with van der Waals surface area (Å²) < 4.78 is 31.9. The molecule has 1 aliphatic rings. The van der Waals surface area contributed by atoms with Crippen molar-refractivity contribution in [1.82, 2.24) is 15.2 Å². The standard InChI is InChI=1S/C24H27FN4O4/c1-27-24(30)14-29-9-6-16(7-10-29)32-23-13-19-17(12-22(23)31-2)20(5-8-28-19)33-21-4-3-15(26)11-18(21)25/h3-5,8,11-13,16H,6-7,9-10,14,26H2,1-2H3,(H,27,30). The lowest BCUT2D eigenvalue weighted by atomic mass is 10.1. The number of rotatable bonds is 7. The molecule has 4 rings (SSSR count). The van der Waals surface area contributed by atoms with E-state index >= 15 is 0 Å². The number of likely N-dealkylation sites (N-methyl/N-ethyl adjacent to an activating group) is 1. The van der Waals surface area contributed by atoms with E-state index in [0.717, 1.165) is 25.9 Å². The number of carbonyl (C=O) groups is 1. The molecule has 3 aromatic rings. The lowest BCUT2D eigenvalue weighted by Crippen LogP contribution is -2.43. The molecule has 2 heterocycles. The Morgan fingerprint density at radius 2 is 1.94 bits per heavy atom.